The molecule has 2 aliphatic carbocycles. The first-order valence-electron chi connectivity index (χ1n) is 20.1. The Bertz CT molecular complexity index is 3760. The van der Waals surface area contributed by atoms with Crippen molar-refractivity contribution in [3.8, 4) is 46.1 Å². The molecule has 0 amide bonds. The van der Waals surface area contributed by atoms with Crippen molar-refractivity contribution >= 4 is 60.4 Å². The molecule has 0 fully saturated rings. The third kappa shape index (κ3) is 3.71. The van der Waals surface area contributed by atoms with Crippen LogP contribution in [-0.4, -0.2) is 4.57 Å². The molecule has 0 N–H and O–H groups in total. The Morgan fingerprint density at radius 3 is 1.83 bits per heavy atom. The van der Waals surface area contributed by atoms with Gasteiger partial charge >= 0.3 is 0 Å². The summed E-state index contributed by atoms with van der Waals surface area (Å²) in [6.07, 6.45) is 0. The van der Waals surface area contributed by atoms with Crippen molar-refractivity contribution in [3.05, 3.63) is 202 Å². The predicted molar refractivity (Wildman–Crippen MR) is 239 cm³/mol. The van der Waals surface area contributed by atoms with Gasteiger partial charge in [-0.15, -0.1) is 0 Å². The van der Waals surface area contributed by atoms with Crippen molar-refractivity contribution in [3.63, 3.8) is 0 Å². The van der Waals surface area contributed by atoms with Gasteiger partial charge in [-0.1, -0.05) is 127 Å². The summed E-state index contributed by atoms with van der Waals surface area (Å²) in [7, 11) is 0. The number of anilines is 3. The zero-order valence-electron chi connectivity index (χ0n) is 32.2. The molecule has 9 aromatic carbocycles. The van der Waals surface area contributed by atoms with Crippen molar-refractivity contribution in [2.45, 2.75) is 12.3 Å². The fourth-order valence-corrected chi connectivity index (χ4v) is 11.3. The quantitative estimate of drug-likeness (QED) is 0.167. The molecule has 0 saturated carbocycles. The van der Waals surface area contributed by atoms with E-state index in [0.717, 1.165) is 55.2 Å². The Labute approximate surface area is 345 Å². The minimum absolute atomic E-state index is 0.0869. The lowest BCUT2D eigenvalue weighted by Crippen LogP contribution is -2.26. The summed E-state index contributed by atoms with van der Waals surface area (Å²) in [5.74, 6) is 0. The molecule has 1 aliphatic heterocycles. The smallest absolute Gasteiger partial charge is 0.102 e. The van der Waals surface area contributed by atoms with Crippen LogP contribution in [0.2, 0.25) is 0 Å². The summed E-state index contributed by atoms with van der Waals surface area (Å²) in [6, 6.07) is 63.2. The maximum absolute atomic E-state index is 10.4. The molecule has 1 spiro atoms. The highest BCUT2D eigenvalue weighted by molar-refractivity contribution is 6.32. The molecule has 1 atom stereocenters. The average molecular weight is 760 g/mol. The van der Waals surface area contributed by atoms with Gasteiger partial charge in [0.1, 0.15) is 18.2 Å². The summed E-state index contributed by atoms with van der Waals surface area (Å²) in [5.41, 5.74) is 16.7. The summed E-state index contributed by atoms with van der Waals surface area (Å²) in [6.45, 7) is 2.22. The number of benzene rings is 9. The van der Waals surface area contributed by atoms with Gasteiger partial charge in [0.05, 0.1) is 50.2 Å². The SMILES string of the molecule is Cc1cccc2c1-c1ccccc1C21c2ccccc2-c2c1ccc1c2-n2c3ccc4ccccc4c3c3c4ccccc4cc(c32)N1c1cc(C#N)c(C#N)c(C#N)c1. The highest BCUT2D eigenvalue weighted by Crippen LogP contribution is 2.66. The number of hydrogen-bond donors (Lipinski definition) is 0. The van der Waals surface area contributed by atoms with Crippen LogP contribution in [0.5, 0.6) is 0 Å². The number of nitriles is 3. The molecule has 1 unspecified atom stereocenters. The zero-order chi connectivity index (χ0) is 40.0. The maximum atomic E-state index is 10.4. The van der Waals surface area contributed by atoms with Gasteiger partial charge in [0, 0.05) is 22.0 Å². The van der Waals surface area contributed by atoms with Crippen LogP contribution in [0.15, 0.2) is 158 Å². The summed E-state index contributed by atoms with van der Waals surface area (Å²) in [4.78, 5) is 2.22. The second-order valence-electron chi connectivity index (χ2n) is 16.1. The molecule has 60 heavy (non-hydrogen) atoms. The monoisotopic (exact) mass is 759 g/mol. The van der Waals surface area contributed by atoms with Crippen LogP contribution in [0.4, 0.5) is 17.1 Å². The number of aryl methyl sites for hydroxylation is 1. The van der Waals surface area contributed by atoms with E-state index in [2.05, 4.69) is 180 Å². The van der Waals surface area contributed by atoms with Gasteiger partial charge in [0.25, 0.3) is 0 Å². The van der Waals surface area contributed by atoms with Crippen molar-refractivity contribution in [2.75, 3.05) is 4.90 Å². The number of fused-ring (bicyclic) bond motifs is 20. The van der Waals surface area contributed by atoms with Gasteiger partial charge in [0.2, 0.25) is 0 Å². The van der Waals surface area contributed by atoms with E-state index in [1.807, 2.05) is 0 Å². The van der Waals surface area contributed by atoms with Gasteiger partial charge in [0.15, 0.2) is 0 Å². The predicted octanol–water partition coefficient (Wildman–Crippen LogP) is 13.1. The lowest BCUT2D eigenvalue weighted by molar-refractivity contribution is 0.792. The van der Waals surface area contributed by atoms with Gasteiger partial charge < -0.3 is 9.47 Å². The summed E-state index contributed by atoms with van der Waals surface area (Å²) < 4.78 is 2.50. The van der Waals surface area contributed by atoms with Crippen LogP contribution >= 0.6 is 0 Å². The lowest BCUT2D eigenvalue weighted by Gasteiger charge is -2.36. The van der Waals surface area contributed by atoms with E-state index in [1.165, 1.54) is 55.3 Å². The fraction of sp³-hybridized carbons (Fsp3) is 0.0364. The second kappa shape index (κ2) is 11.4. The molecular formula is C55H29N5. The Balaban J connectivity index is 1.28. The maximum Gasteiger partial charge on any atom is 0.102 e. The van der Waals surface area contributed by atoms with Crippen LogP contribution in [0.25, 0.3) is 71.3 Å². The van der Waals surface area contributed by atoms with Gasteiger partial charge in [-0.25, -0.2) is 0 Å². The molecule has 13 rings (SSSR count). The molecule has 1 aromatic heterocycles. The van der Waals surface area contributed by atoms with E-state index in [-0.39, 0.29) is 16.7 Å². The topological polar surface area (TPSA) is 79.5 Å². The van der Waals surface area contributed by atoms with E-state index in [9.17, 15) is 15.8 Å². The van der Waals surface area contributed by atoms with E-state index < -0.39 is 5.41 Å². The first-order valence-corrected chi connectivity index (χ1v) is 20.1. The van der Waals surface area contributed by atoms with Gasteiger partial charge in [-0.05, 0) is 103 Å². The van der Waals surface area contributed by atoms with Crippen molar-refractivity contribution < 1.29 is 0 Å². The number of aromatic nitrogens is 1. The Hall–Kier alpha value is -8.43. The molecule has 274 valence electrons. The van der Waals surface area contributed by atoms with E-state index in [0.29, 0.717) is 5.69 Å². The largest absolute Gasteiger partial charge is 0.306 e. The van der Waals surface area contributed by atoms with Crippen LogP contribution in [0.3, 0.4) is 0 Å². The van der Waals surface area contributed by atoms with Crippen LogP contribution in [0, 0.1) is 40.9 Å². The highest BCUT2D eigenvalue weighted by Gasteiger charge is 2.53. The van der Waals surface area contributed by atoms with E-state index in [4.69, 9.17) is 0 Å². The Morgan fingerprint density at radius 1 is 0.500 bits per heavy atom. The Kier molecular flexibility index (Phi) is 6.18. The highest BCUT2D eigenvalue weighted by atomic mass is 15.2. The molecule has 10 aromatic rings. The molecule has 0 saturated heterocycles. The van der Waals surface area contributed by atoms with Crippen LogP contribution in [-0.2, 0) is 5.41 Å². The lowest BCUT2D eigenvalue weighted by atomic mass is 9.70. The number of nitrogens with zero attached hydrogens (tertiary/aromatic N) is 5. The van der Waals surface area contributed by atoms with E-state index >= 15 is 0 Å². The molecule has 5 nitrogen and oxygen atoms in total. The van der Waals surface area contributed by atoms with Crippen molar-refractivity contribution in [1.29, 1.82) is 15.8 Å². The summed E-state index contributed by atoms with van der Waals surface area (Å²) >= 11 is 0. The zero-order valence-corrected chi connectivity index (χ0v) is 32.2. The van der Waals surface area contributed by atoms with Crippen molar-refractivity contribution in [2.24, 2.45) is 0 Å². The van der Waals surface area contributed by atoms with Gasteiger partial charge in [-0.2, -0.15) is 15.8 Å². The molecule has 0 bridgehead atoms. The Morgan fingerprint density at radius 2 is 1.12 bits per heavy atom. The minimum atomic E-state index is -0.571. The standard InChI is InChI=1S/C55H29N5/c1-31-11-10-20-44-49(31)39-16-6-8-18-42(39)55(44)43-19-9-7-17-40(43)50-45(55)22-24-47-53(50)60-46-23-21-32-12-2-4-14-37(32)51(46)52-38-15-5-3-13-33(38)27-48(54(52)60)59(47)36-25-34(28-56)41(30-58)35(26-36)29-57/h2-27H,1H3. The van der Waals surface area contributed by atoms with Crippen molar-refractivity contribution in [1.82, 2.24) is 4.57 Å². The molecular weight excluding hydrogens is 731 g/mol. The number of hydrogen-bond acceptors (Lipinski definition) is 4. The van der Waals surface area contributed by atoms with Crippen LogP contribution in [0.1, 0.15) is 44.5 Å². The first-order chi connectivity index (χ1) is 29.6. The fourth-order valence-electron chi connectivity index (χ4n) is 11.3. The molecule has 3 aliphatic rings. The molecule has 0 radical (unpaired) electrons. The summed E-state index contributed by atoms with van der Waals surface area (Å²) in [5, 5.41) is 37.9. The minimum Gasteiger partial charge on any atom is -0.306 e. The van der Waals surface area contributed by atoms with Gasteiger partial charge in [-0.3, -0.25) is 0 Å². The molecule has 2 heterocycles. The normalized spacial score (nSPS) is 15.1. The second-order valence-corrected chi connectivity index (χ2v) is 16.1. The van der Waals surface area contributed by atoms with Crippen LogP contribution < -0.4 is 4.90 Å². The molecule has 5 heteroatoms. The average Bonchev–Trinajstić information content (AvgIpc) is 3.92. The van der Waals surface area contributed by atoms with E-state index in [1.54, 1.807) is 12.1 Å². The third-order valence-electron chi connectivity index (χ3n) is 13.5. The number of rotatable bonds is 1. The first kappa shape index (κ1) is 32.6. The third-order valence-corrected chi connectivity index (χ3v) is 13.5.